The van der Waals surface area contributed by atoms with Gasteiger partial charge < -0.3 is 16.4 Å². The van der Waals surface area contributed by atoms with Gasteiger partial charge in [-0.25, -0.2) is 4.79 Å². The van der Waals surface area contributed by atoms with Crippen LogP contribution >= 0.6 is 23.8 Å². The maximum absolute atomic E-state index is 11.9. The lowest BCUT2D eigenvalue weighted by atomic mass is 9.99. The lowest BCUT2D eigenvalue weighted by Crippen LogP contribution is -2.55. The van der Waals surface area contributed by atoms with Crippen molar-refractivity contribution in [3.8, 4) is 0 Å². The molecule has 2 amide bonds. The van der Waals surface area contributed by atoms with Crippen LogP contribution in [-0.2, 0) is 0 Å². The van der Waals surface area contributed by atoms with E-state index in [1.54, 1.807) is 19.1 Å². The zero-order valence-electron chi connectivity index (χ0n) is 11.2. The molecule has 0 aliphatic carbocycles. The summed E-state index contributed by atoms with van der Waals surface area (Å²) in [7, 11) is 0. The highest BCUT2D eigenvalue weighted by Crippen LogP contribution is 2.20. The number of rotatable bonds is 4. The van der Waals surface area contributed by atoms with E-state index in [0.29, 0.717) is 17.1 Å². The summed E-state index contributed by atoms with van der Waals surface area (Å²) in [6.07, 6.45) is 0.615. The van der Waals surface area contributed by atoms with Crippen molar-refractivity contribution in [2.24, 2.45) is 5.73 Å². The molecular weight excluding hydrogens is 282 g/mol. The Labute approximate surface area is 123 Å². The summed E-state index contributed by atoms with van der Waals surface area (Å²) in [5, 5.41) is 6.07. The monoisotopic (exact) mass is 299 g/mol. The Morgan fingerprint density at radius 2 is 2.16 bits per heavy atom. The van der Waals surface area contributed by atoms with Gasteiger partial charge in [-0.2, -0.15) is 0 Å². The quantitative estimate of drug-likeness (QED) is 0.748. The number of anilines is 1. The van der Waals surface area contributed by atoms with Crippen molar-refractivity contribution >= 4 is 40.5 Å². The normalized spacial score (nSPS) is 13.5. The van der Waals surface area contributed by atoms with Crippen molar-refractivity contribution in [1.82, 2.24) is 5.32 Å². The molecular formula is C13H18ClN3OS. The zero-order chi connectivity index (χ0) is 14.6. The van der Waals surface area contributed by atoms with Gasteiger partial charge in [0.15, 0.2) is 0 Å². The standard InChI is InChI=1S/C13H18ClN3OS/c1-4-13(3,11(15)19)17-12(18)16-9-6-5-8(2)10(14)7-9/h5-7H,4H2,1-3H3,(H2,15,19)(H2,16,17,18). The Bertz CT molecular complexity index is 507. The number of hydrogen-bond acceptors (Lipinski definition) is 2. The predicted molar refractivity (Wildman–Crippen MR) is 83.8 cm³/mol. The van der Waals surface area contributed by atoms with Crippen LogP contribution in [0.25, 0.3) is 0 Å². The maximum Gasteiger partial charge on any atom is 0.320 e. The molecule has 1 unspecified atom stereocenters. The molecule has 104 valence electrons. The number of carbonyl (C=O) groups excluding carboxylic acids is 1. The topological polar surface area (TPSA) is 67.2 Å². The Kier molecular flexibility index (Phi) is 5.14. The largest absolute Gasteiger partial charge is 0.391 e. The van der Waals surface area contributed by atoms with Gasteiger partial charge >= 0.3 is 6.03 Å². The van der Waals surface area contributed by atoms with Crippen LogP contribution in [0.2, 0.25) is 5.02 Å². The predicted octanol–water partition coefficient (Wildman–Crippen LogP) is 3.22. The molecule has 0 aromatic heterocycles. The van der Waals surface area contributed by atoms with Crippen molar-refractivity contribution in [2.45, 2.75) is 32.7 Å². The van der Waals surface area contributed by atoms with Crippen LogP contribution in [0.15, 0.2) is 18.2 Å². The number of nitrogens with one attached hydrogen (secondary N) is 2. The fourth-order valence-corrected chi connectivity index (χ4v) is 1.78. The molecule has 0 spiro atoms. The van der Waals surface area contributed by atoms with Gasteiger partial charge in [0.2, 0.25) is 0 Å². The second-order valence-electron chi connectivity index (χ2n) is 4.59. The molecule has 0 bridgehead atoms. The van der Waals surface area contributed by atoms with E-state index in [1.807, 2.05) is 19.9 Å². The minimum absolute atomic E-state index is 0.257. The summed E-state index contributed by atoms with van der Waals surface area (Å²) in [6, 6.07) is 4.95. The molecule has 4 N–H and O–H groups in total. The van der Waals surface area contributed by atoms with Gasteiger partial charge in [0.25, 0.3) is 0 Å². The molecule has 0 aliphatic heterocycles. The highest BCUT2D eigenvalue weighted by Gasteiger charge is 2.27. The summed E-state index contributed by atoms with van der Waals surface area (Å²) in [4.78, 5) is 12.2. The van der Waals surface area contributed by atoms with Crippen molar-refractivity contribution in [1.29, 1.82) is 0 Å². The van der Waals surface area contributed by atoms with Crippen molar-refractivity contribution in [3.63, 3.8) is 0 Å². The van der Waals surface area contributed by atoms with Crippen LogP contribution < -0.4 is 16.4 Å². The molecule has 1 aromatic carbocycles. The number of carbonyl (C=O) groups is 1. The molecule has 0 radical (unpaired) electrons. The number of benzene rings is 1. The van der Waals surface area contributed by atoms with Gasteiger partial charge in [-0.15, -0.1) is 0 Å². The van der Waals surface area contributed by atoms with Gasteiger partial charge in [-0.1, -0.05) is 36.8 Å². The average Bonchev–Trinajstić information content (AvgIpc) is 2.33. The fraction of sp³-hybridized carbons (Fsp3) is 0.385. The molecule has 0 aliphatic rings. The average molecular weight is 300 g/mol. The number of halogens is 1. The van der Waals surface area contributed by atoms with E-state index in [2.05, 4.69) is 10.6 Å². The number of nitrogens with two attached hydrogens (primary N) is 1. The molecule has 0 fully saturated rings. The molecule has 6 heteroatoms. The van der Waals surface area contributed by atoms with Gasteiger partial charge in [0, 0.05) is 10.7 Å². The SMILES string of the molecule is CCC(C)(NC(=O)Nc1ccc(C)c(Cl)c1)C(N)=S. The Hall–Kier alpha value is -1.33. The summed E-state index contributed by atoms with van der Waals surface area (Å²) in [6.45, 7) is 5.59. The van der Waals surface area contributed by atoms with Crippen LogP contribution in [-0.4, -0.2) is 16.6 Å². The number of amides is 2. The van der Waals surface area contributed by atoms with Crippen molar-refractivity contribution in [3.05, 3.63) is 28.8 Å². The first-order valence-corrected chi connectivity index (χ1v) is 6.72. The fourth-order valence-electron chi connectivity index (χ4n) is 1.41. The van der Waals surface area contributed by atoms with Gasteiger partial charge in [0.1, 0.15) is 0 Å². The summed E-state index contributed by atoms with van der Waals surface area (Å²) >= 11 is 11.0. The molecule has 0 heterocycles. The van der Waals surface area contributed by atoms with E-state index in [9.17, 15) is 4.79 Å². The lowest BCUT2D eigenvalue weighted by molar-refractivity contribution is 0.245. The Balaban J connectivity index is 2.75. The molecule has 0 saturated carbocycles. The van der Waals surface area contributed by atoms with Crippen LogP contribution in [0.3, 0.4) is 0 Å². The maximum atomic E-state index is 11.9. The van der Waals surface area contributed by atoms with Crippen LogP contribution in [0.5, 0.6) is 0 Å². The first-order chi connectivity index (χ1) is 8.78. The first-order valence-electron chi connectivity index (χ1n) is 5.93. The smallest absolute Gasteiger partial charge is 0.320 e. The van der Waals surface area contributed by atoms with E-state index >= 15 is 0 Å². The van der Waals surface area contributed by atoms with E-state index < -0.39 is 5.54 Å². The minimum atomic E-state index is -0.700. The third-order valence-corrected chi connectivity index (χ3v) is 3.93. The first kappa shape index (κ1) is 15.7. The highest BCUT2D eigenvalue weighted by atomic mass is 35.5. The number of urea groups is 1. The second kappa shape index (κ2) is 6.21. The zero-order valence-corrected chi connectivity index (χ0v) is 12.8. The van der Waals surface area contributed by atoms with E-state index in [-0.39, 0.29) is 11.0 Å². The molecule has 1 rings (SSSR count). The van der Waals surface area contributed by atoms with Crippen molar-refractivity contribution < 1.29 is 4.79 Å². The van der Waals surface area contributed by atoms with E-state index in [4.69, 9.17) is 29.6 Å². The third-order valence-electron chi connectivity index (χ3n) is 3.07. The number of hydrogen-bond donors (Lipinski definition) is 3. The van der Waals surface area contributed by atoms with Crippen LogP contribution in [0, 0.1) is 6.92 Å². The number of thiocarbonyl (C=S) groups is 1. The van der Waals surface area contributed by atoms with Crippen LogP contribution in [0.1, 0.15) is 25.8 Å². The lowest BCUT2D eigenvalue weighted by Gasteiger charge is -2.28. The minimum Gasteiger partial charge on any atom is -0.391 e. The Morgan fingerprint density at radius 3 is 2.63 bits per heavy atom. The van der Waals surface area contributed by atoms with Gasteiger partial charge in [-0.3, -0.25) is 0 Å². The van der Waals surface area contributed by atoms with Crippen molar-refractivity contribution in [2.75, 3.05) is 5.32 Å². The summed E-state index contributed by atoms with van der Waals surface area (Å²) in [5.74, 6) is 0. The summed E-state index contributed by atoms with van der Waals surface area (Å²) < 4.78 is 0. The molecule has 1 aromatic rings. The Morgan fingerprint density at radius 1 is 1.53 bits per heavy atom. The van der Waals surface area contributed by atoms with E-state index in [1.165, 1.54) is 0 Å². The van der Waals surface area contributed by atoms with Gasteiger partial charge in [-0.05, 0) is 38.0 Å². The van der Waals surface area contributed by atoms with Crippen LogP contribution in [0.4, 0.5) is 10.5 Å². The summed E-state index contributed by atoms with van der Waals surface area (Å²) in [5.41, 5.74) is 6.51. The highest BCUT2D eigenvalue weighted by molar-refractivity contribution is 7.80. The van der Waals surface area contributed by atoms with Gasteiger partial charge in [0.05, 0.1) is 10.5 Å². The van der Waals surface area contributed by atoms with E-state index in [0.717, 1.165) is 5.56 Å². The number of aryl methyl sites for hydroxylation is 1. The third kappa shape index (κ3) is 4.08. The molecule has 4 nitrogen and oxygen atoms in total. The second-order valence-corrected chi connectivity index (χ2v) is 5.44. The molecule has 0 saturated heterocycles. The molecule has 1 atom stereocenters. The molecule has 19 heavy (non-hydrogen) atoms.